The van der Waals surface area contributed by atoms with Crippen molar-refractivity contribution in [2.45, 2.75) is 6.42 Å². The van der Waals surface area contributed by atoms with Crippen LogP contribution >= 0.6 is 11.6 Å². The molecule has 26 heavy (non-hydrogen) atoms. The molecule has 0 bridgehead atoms. The number of carbonyl (C=O) groups is 1. The molecule has 0 saturated heterocycles. The summed E-state index contributed by atoms with van der Waals surface area (Å²) in [4.78, 5) is 12.2. The Morgan fingerprint density at radius 1 is 1.23 bits per heavy atom. The molecule has 0 spiro atoms. The second-order valence-electron chi connectivity index (χ2n) is 5.72. The van der Waals surface area contributed by atoms with E-state index < -0.39 is 15.9 Å². The van der Waals surface area contributed by atoms with Gasteiger partial charge < -0.3 is 5.32 Å². The van der Waals surface area contributed by atoms with Crippen molar-refractivity contribution in [3.63, 3.8) is 0 Å². The van der Waals surface area contributed by atoms with Crippen molar-refractivity contribution in [3.8, 4) is 6.07 Å². The van der Waals surface area contributed by atoms with E-state index in [0.717, 1.165) is 16.1 Å². The van der Waals surface area contributed by atoms with Gasteiger partial charge in [0.25, 0.3) is 0 Å². The van der Waals surface area contributed by atoms with Crippen LogP contribution in [0, 0.1) is 11.3 Å². The Balaban J connectivity index is 2.03. The quantitative estimate of drug-likeness (QED) is 0.785. The predicted octanol–water partition coefficient (Wildman–Crippen LogP) is 2.65. The third-order valence-electron chi connectivity index (χ3n) is 3.60. The van der Waals surface area contributed by atoms with E-state index in [1.165, 1.54) is 6.07 Å². The second kappa shape index (κ2) is 8.81. The Kier molecular flexibility index (Phi) is 6.75. The van der Waals surface area contributed by atoms with E-state index in [4.69, 9.17) is 16.9 Å². The minimum atomic E-state index is -3.56. The lowest BCUT2D eigenvalue weighted by atomic mass is 10.1. The van der Waals surface area contributed by atoms with Gasteiger partial charge in [-0.15, -0.1) is 0 Å². The summed E-state index contributed by atoms with van der Waals surface area (Å²) in [6, 6.07) is 15.5. The third-order valence-corrected chi connectivity index (χ3v) is 5.09. The molecule has 2 aromatic rings. The van der Waals surface area contributed by atoms with Gasteiger partial charge in [-0.1, -0.05) is 29.8 Å². The number of nitrogens with zero attached hydrogens (tertiary/aromatic N) is 2. The predicted molar refractivity (Wildman–Crippen MR) is 101 cm³/mol. The molecule has 0 radical (unpaired) electrons. The van der Waals surface area contributed by atoms with Crippen molar-refractivity contribution in [1.29, 1.82) is 5.26 Å². The smallest absolute Gasteiger partial charge is 0.239 e. The Hall–Kier alpha value is -2.40. The van der Waals surface area contributed by atoms with Crippen molar-refractivity contribution < 1.29 is 13.2 Å². The number of hydrogen-bond donors (Lipinski definition) is 1. The normalized spacial score (nSPS) is 11.2. The van der Waals surface area contributed by atoms with Gasteiger partial charge in [0.1, 0.15) is 0 Å². The molecule has 0 atom stereocenters. The van der Waals surface area contributed by atoms with Crippen LogP contribution in [-0.4, -0.2) is 38.0 Å². The molecule has 1 N–H and O–H groups in total. The van der Waals surface area contributed by atoms with Crippen molar-refractivity contribution >= 4 is 33.2 Å². The molecule has 2 rings (SSSR count). The first-order valence-corrected chi connectivity index (χ1v) is 10.00. The van der Waals surface area contributed by atoms with Crippen molar-refractivity contribution in [1.82, 2.24) is 4.31 Å². The molecule has 6 nitrogen and oxygen atoms in total. The Morgan fingerprint density at radius 2 is 1.96 bits per heavy atom. The van der Waals surface area contributed by atoms with Gasteiger partial charge in [0.05, 0.1) is 24.4 Å². The Labute approximate surface area is 158 Å². The van der Waals surface area contributed by atoms with Crippen LogP contribution in [0.1, 0.15) is 11.1 Å². The van der Waals surface area contributed by atoms with Crippen LogP contribution in [-0.2, 0) is 21.2 Å². The van der Waals surface area contributed by atoms with Crippen molar-refractivity contribution in [2.24, 2.45) is 0 Å². The Bertz CT molecular complexity index is 939. The number of sulfonamides is 1. The standard InChI is InChI=1S/C18H18ClN3O3S/c1-26(24,25)22(9-8-14-4-2-6-16(19)10-14)13-18(23)21-17-7-3-5-15(11-17)12-20/h2-7,10-11H,8-9,13H2,1H3,(H,21,23). The maximum absolute atomic E-state index is 12.2. The van der Waals surface area contributed by atoms with Gasteiger partial charge >= 0.3 is 0 Å². The minimum Gasteiger partial charge on any atom is -0.325 e. The molecule has 0 unspecified atom stereocenters. The molecule has 0 aromatic heterocycles. The van der Waals surface area contributed by atoms with Crippen molar-refractivity contribution in [3.05, 3.63) is 64.7 Å². The van der Waals surface area contributed by atoms with Gasteiger partial charge in [-0.05, 0) is 42.3 Å². The molecule has 1 amide bonds. The zero-order valence-electron chi connectivity index (χ0n) is 14.1. The molecular weight excluding hydrogens is 374 g/mol. The SMILES string of the molecule is CS(=O)(=O)N(CCc1cccc(Cl)c1)CC(=O)Nc1cccc(C#N)c1. The molecule has 0 aliphatic carbocycles. The van der Waals surface area contributed by atoms with Crippen LogP contribution in [0.5, 0.6) is 0 Å². The maximum atomic E-state index is 12.2. The van der Waals surface area contributed by atoms with E-state index in [0.29, 0.717) is 22.7 Å². The molecule has 2 aromatic carbocycles. The van der Waals surface area contributed by atoms with E-state index >= 15 is 0 Å². The average molecular weight is 392 g/mol. The first-order valence-electron chi connectivity index (χ1n) is 7.77. The van der Waals surface area contributed by atoms with Gasteiger partial charge in [0.15, 0.2) is 0 Å². The van der Waals surface area contributed by atoms with E-state index in [9.17, 15) is 13.2 Å². The molecule has 0 heterocycles. The molecule has 0 saturated carbocycles. The molecule has 136 valence electrons. The zero-order valence-corrected chi connectivity index (χ0v) is 15.7. The number of nitriles is 1. The van der Waals surface area contributed by atoms with Gasteiger partial charge in [-0.3, -0.25) is 4.79 Å². The van der Waals surface area contributed by atoms with Crippen LogP contribution in [0.15, 0.2) is 48.5 Å². The number of rotatable bonds is 7. The lowest BCUT2D eigenvalue weighted by Crippen LogP contribution is -2.38. The molecule has 0 aliphatic rings. The van der Waals surface area contributed by atoms with E-state index in [2.05, 4.69) is 5.32 Å². The summed E-state index contributed by atoms with van der Waals surface area (Å²) in [6.07, 6.45) is 1.50. The Morgan fingerprint density at radius 3 is 2.62 bits per heavy atom. The van der Waals surface area contributed by atoms with Crippen LogP contribution in [0.2, 0.25) is 5.02 Å². The molecule has 8 heteroatoms. The minimum absolute atomic E-state index is 0.158. The summed E-state index contributed by atoms with van der Waals surface area (Å²) in [5.41, 5.74) is 1.73. The summed E-state index contributed by atoms with van der Waals surface area (Å²) in [5.74, 6) is -0.475. The first kappa shape index (κ1) is 19.9. The number of nitrogens with one attached hydrogen (secondary N) is 1. The van der Waals surface area contributed by atoms with Gasteiger partial charge in [-0.2, -0.15) is 9.57 Å². The summed E-state index contributed by atoms with van der Waals surface area (Å²) < 4.78 is 25.1. The molecule has 0 fully saturated rings. The third kappa shape index (κ3) is 6.15. The van der Waals surface area contributed by atoms with Crippen LogP contribution in [0.4, 0.5) is 5.69 Å². The largest absolute Gasteiger partial charge is 0.325 e. The zero-order chi connectivity index (χ0) is 19.2. The van der Waals surface area contributed by atoms with Gasteiger partial charge in [0, 0.05) is 17.3 Å². The highest BCUT2D eigenvalue weighted by atomic mass is 35.5. The number of benzene rings is 2. The first-order chi connectivity index (χ1) is 12.3. The van der Waals surface area contributed by atoms with Crippen LogP contribution < -0.4 is 5.32 Å². The fraction of sp³-hybridized carbons (Fsp3) is 0.222. The van der Waals surface area contributed by atoms with Crippen LogP contribution in [0.25, 0.3) is 0 Å². The van der Waals surface area contributed by atoms with Gasteiger partial charge in [0.2, 0.25) is 15.9 Å². The summed E-state index contributed by atoms with van der Waals surface area (Å²) in [7, 11) is -3.56. The lowest BCUT2D eigenvalue weighted by molar-refractivity contribution is -0.116. The maximum Gasteiger partial charge on any atom is 0.239 e. The summed E-state index contributed by atoms with van der Waals surface area (Å²) in [6.45, 7) is -0.152. The van der Waals surface area contributed by atoms with E-state index in [1.807, 2.05) is 12.1 Å². The summed E-state index contributed by atoms with van der Waals surface area (Å²) in [5, 5.41) is 12.1. The monoisotopic (exact) mass is 391 g/mol. The highest BCUT2D eigenvalue weighted by molar-refractivity contribution is 7.88. The van der Waals surface area contributed by atoms with Gasteiger partial charge in [-0.25, -0.2) is 8.42 Å². The topological polar surface area (TPSA) is 90.3 Å². The number of hydrogen-bond acceptors (Lipinski definition) is 4. The van der Waals surface area contributed by atoms with Crippen molar-refractivity contribution in [2.75, 3.05) is 24.7 Å². The van der Waals surface area contributed by atoms with Crippen LogP contribution in [0.3, 0.4) is 0 Å². The fourth-order valence-electron chi connectivity index (χ4n) is 2.34. The molecular formula is C18H18ClN3O3S. The fourth-order valence-corrected chi connectivity index (χ4v) is 3.32. The number of carbonyl (C=O) groups excluding carboxylic acids is 1. The van der Waals surface area contributed by atoms with E-state index in [-0.39, 0.29) is 13.1 Å². The number of amides is 1. The number of anilines is 1. The van der Waals surface area contributed by atoms with E-state index in [1.54, 1.807) is 36.4 Å². The average Bonchev–Trinajstić information content (AvgIpc) is 2.57. The summed E-state index contributed by atoms with van der Waals surface area (Å²) >= 11 is 5.93. The molecule has 0 aliphatic heterocycles. The number of halogens is 1. The highest BCUT2D eigenvalue weighted by Crippen LogP contribution is 2.13. The lowest BCUT2D eigenvalue weighted by Gasteiger charge is -2.19. The second-order valence-corrected chi connectivity index (χ2v) is 8.14. The highest BCUT2D eigenvalue weighted by Gasteiger charge is 2.20.